The first-order valence-electron chi connectivity index (χ1n) is 5.63. The topological polar surface area (TPSA) is 29.3 Å². The van der Waals surface area contributed by atoms with Crippen LogP contribution in [0.3, 0.4) is 0 Å². The van der Waals surface area contributed by atoms with Gasteiger partial charge in [0.1, 0.15) is 0 Å². The van der Waals surface area contributed by atoms with Crippen molar-refractivity contribution in [3.63, 3.8) is 0 Å². The van der Waals surface area contributed by atoms with E-state index in [1.165, 1.54) is 5.56 Å². The Morgan fingerprint density at radius 3 is 3.19 bits per heavy atom. The van der Waals surface area contributed by atoms with Crippen molar-refractivity contribution in [2.24, 2.45) is 0 Å². The fourth-order valence-electron chi connectivity index (χ4n) is 1.96. The summed E-state index contributed by atoms with van der Waals surface area (Å²) in [5.41, 5.74) is 2.40. The average Bonchev–Trinajstić information content (AvgIpc) is 2.72. The molecule has 2 rings (SSSR count). The van der Waals surface area contributed by atoms with E-state index in [2.05, 4.69) is 30.0 Å². The van der Waals surface area contributed by atoms with Gasteiger partial charge in [0.25, 0.3) is 0 Å². The molecule has 0 amide bonds. The van der Waals surface area contributed by atoms with Gasteiger partial charge in [-0.2, -0.15) is 5.10 Å². The predicted octanol–water partition coefficient (Wildman–Crippen LogP) is 2.56. The second kappa shape index (κ2) is 4.94. The number of nitrogens with zero attached hydrogens (tertiary/aromatic N) is 2. The molecule has 0 fully saturated rings. The third-order valence-corrected chi connectivity index (χ3v) is 2.68. The van der Waals surface area contributed by atoms with Crippen LogP contribution in [0.4, 0.5) is 0 Å². The molecule has 3 heteroatoms. The first-order valence-corrected chi connectivity index (χ1v) is 5.63. The number of rotatable bonds is 5. The lowest BCUT2D eigenvalue weighted by Gasteiger charge is -2.14. The van der Waals surface area contributed by atoms with Gasteiger partial charge in [0.2, 0.25) is 0 Å². The van der Waals surface area contributed by atoms with Crippen molar-refractivity contribution in [1.29, 1.82) is 0 Å². The van der Waals surface area contributed by atoms with Crippen molar-refractivity contribution >= 4 is 5.52 Å². The Morgan fingerprint density at radius 2 is 2.44 bits per heavy atom. The molecule has 0 spiro atoms. The molecule has 2 aromatic heterocycles. The lowest BCUT2D eigenvalue weighted by molar-refractivity contribution is 0.562. The van der Waals surface area contributed by atoms with Gasteiger partial charge in [0.15, 0.2) is 0 Å². The number of pyridine rings is 1. The third-order valence-electron chi connectivity index (χ3n) is 2.68. The Morgan fingerprint density at radius 1 is 1.56 bits per heavy atom. The van der Waals surface area contributed by atoms with Crippen molar-refractivity contribution in [2.45, 2.75) is 19.4 Å². The Labute approximate surface area is 95.8 Å². The molecule has 2 aromatic rings. The van der Waals surface area contributed by atoms with Gasteiger partial charge in [-0.1, -0.05) is 19.1 Å². The largest absolute Gasteiger partial charge is 0.310 e. The molecule has 0 radical (unpaired) electrons. The van der Waals surface area contributed by atoms with Gasteiger partial charge in [0, 0.05) is 17.8 Å². The molecule has 0 aromatic carbocycles. The molecule has 0 aliphatic carbocycles. The molecule has 0 aliphatic rings. The second-order valence-electron chi connectivity index (χ2n) is 3.77. The smallest absolute Gasteiger partial charge is 0.0709 e. The standard InChI is InChI=1S/C13H17N3/c1-3-7-12(14-4-2)11-10-15-16-9-6-5-8-13(11)16/h3,5-6,8-10,12,14H,1,4,7H2,2H3. The lowest BCUT2D eigenvalue weighted by atomic mass is 10.1. The summed E-state index contributed by atoms with van der Waals surface area (Å²) in [6, 6.07) is 6.43. The highest BCUT2D eigenvalue weighted by Gasteiger charge is 2.13. The van der Waals surface area contributed by atoms with E-state index in [4.69, 9.17) is 0 Å². The van der Waals surface area contributed by atoms with Crippen LogP contribution in [0.25, 0.3) is 5.52 Å². The first-order chi connectivity index (χ1) is 7.86. The van der Waals surface area contributed by atoms with Gasteiger partial charge in [-0.05, 0) is 25.1 Å². The second-order valence-corrected chi connectivity index (χ2v) is 3.77. The average molecular weight is 215 g/mol. The van der Waals surface area contributed by atoms with Crippen LogP contribution < -0.4 is 5.32 Å². The van der Waals surface area contributed by atoms with Gasteiger partial charge >= 0.3 is 0 Å². The van der Waals surface area contributed by atoms with Crippen molar-refractivity contribution in [2.75, 3.05) is 6.54 Å². The molecule has 0 saturated heterocycles. The van der Waals surface area contributed by atoms with Crippen LogP contribution in [-0.4, -0.2) is 16.2 Å². The summed E-state index contributed by atoms with van der Waals surface area (Å²) < 4.78 is 1.91. The molecular weight excluding hydrogens is 198 g/mol. The van der Waals surface area contributed by atoms with E-state index in [1.54, 1.807) is 0 Å². The molecule has 3 nitrogen and oxygen atoms in total. The summed E-state index contributed by atoms with van der Waals surface area (Å²) >= 11 is 0. The highest BCUT2D eigenvalue weighted by molar-refractivity contribution is 5.54. The maximum Gasteiger partial charge on any atom is 0.0709 e. The van der Waals surface area contributed by atoms with E-state index in [-0.39, 0.29) is 0 Å². The molecule has 0 bridgehead atoms. The minimum atomic E-state index is 0.308. The lowest BCUT2D eigenvalue weighted by Crippen LogP contribution is -2.20. The molecule has 16 heavy (non-hydrogen) atoms. The van der Waals surface area contributed by atoms with E-state index in [9.17, 15) is 0 Å². The zero-order valence-electron chi connectivity index (χ0n) is 9.56. The van der Waals surface area contributed by atoms with E-state index in [0.29, 0.717) is 6.04 Å². The molecule has 84 valence electrons. The van der Waals surface area contributed by atoms with Crippen LogP contribution in [0, 0.1) is 0 Å². The van der Waals surface area contributed by atoms with Crippen LogP contribution in [0.15, 0.2) is 43.2 Å². The maximum absolute atomic E-state index is 4.35. The van der Waals surface area contributed by atoms with Gasteiger partial charge in [-0.15, -0.1) is 6.58 Å². The van der Waals surface area contributed by atoms with Crippen LogP contribution in [0.2, 0.25) is 0 Å². The van der Waals surface area contributed by atoms with Gasteiger partial charge in [-0.3, -0.25) is 0 Å². The Kier molecular flexibility index (Phi) is 3.37. The number of hydrogen-bond donors (Lipinski definition) is 1. The van der Waals surface area contributed by atoms with Crippen molar-refractivity contribution in [1.82, 2.24) is 14.9 Å². The van der Waals surface area contributed by atoms with Gasteiger partial charge < -0.3 is 5.32 Å². The number of fused-ring (bicyclic) bond motifs is 1. The normalized spacial score (nSPS) is 12.8. The predicted molar refractivity (Wildman–Crippen MR) is 66.4 cm³/mol. The number of hydrogen-bond acceptors (Lipinski definition) is 2. The molecule has 1 unspecified atom stereocenters. The van der Waals surface area contributed by atoms with Gasteiger partial charge in [0.05, 0.1) is 11.7 Å². The van der Waals surface area contributed by atoms with Gasteiger partial charge in [-0.25, -0.2) is 4.52 Å². The number of aromatic nitrogens is 2. The monoisotopic (exact) mass is 215 g/mol. The van der Waals surface area contributed by atoms with E-state index < -0.39 is 0 Å². The summed E-state index contributed by atoms with van der Waals surface area (Å²) in [4.78, 5) is 0. The fraction of sp³-hybridized carbons (Fsp3) is 0.308. The summed E-state index contributed by atoms with van der Waals surface area (Å²) in [5.74, 6) is 0. The molecule has 0 aliphatic heterocycles. The van der Waals surface area contributed by atoms with Crippen LogP contribution in [0.1, 0.15) is 24.9 Å². The summed E-state index contributed by atoms with van der Waals surface area (Å²) in [6.07, 6.45) is 6.77. The van der Waals surface area contributed by atoms with Crippen LogP contribution in [-0.2, 0) is 0 Å². The zero-order valence-corrected chi connectivity index (χ0v) is 9.56. The highest BCUT2D eigenvalue weighted by Crippen LogP contribution is 2.21. The Balaban J connectivity index is 2.39. The third kappa shape index (κ3) is 1.99. The minimum absolute atomic E-state index is 0.308. The van der Waals surface area contributed by atoms with Crippen LogP contribution in [0.5, 0.6) is 0 Å². The molecule has 0 saturated carbocycles. The Bertz CT molecular complexity index is 473. The molecule has 1 N–H and O–H groups in total. The molecular formula is C13H17N3. The highest BCUT2D eigenvalue weighted by atomic mass is 15.2. The summed E-state index contributed by atoms with van der Waals surface area (Å²) in [5, 5.41) is 7.80. The Hall–Kier alpha value is -1.61. The SMILES string of the molecule is C=CCC(NCC)c1cnn2ccccc12. The van der Waals surface area contributed by atoms with E-state index in [0.717, 1.165) is 18.5 Å². The first kappa shape index (κ1) is 10.9. The van der Waals surface area contributed by atoms with Crippen molar-refractivity contribution in [3.8, 4) is 0 Å². The van der Waals surface area contributed by atoms with Crippen LogP contribution >= 0.6 is 0 Å². The quantitative estimate of drug-likeness (QED) is 0.777. The summed E-state index contributed by atoms with van der Waals surface area (Å²) in [7, 11) is 0. The van der Waals surface area contributed by atoms with Crippen molar-refractivity contribution < 1.29 is 0 Å². The molecule has 2 heterocycles. The zero-order chi connectivity index (χ0) is 11.4. The minimum Gasteiger partial charge on any atom is -0.310 e. The van der Waals surface area contributed by atoms with Crippen molar-refractivity contribution in [3.05, 3.63) is 48.8 Å². The summed E-state index contributed by atoms with van der Waals surface area (Å²) in [6.45, 7) is 6.87. The fourth-order valence-corrected chi connectivity index (χ4v) is 1.96. The number of nitrogens with one attached hydrogen (secondary N) is 1. The maximum atomic E-state index is 4.35. The molecule has 1 atom stereocenters. The van der Waals surface area contributed by atoms with E-state index >= 15 is 0 Å². The van der Waals surface area contributed by atoms with E-state index in [1.807, 2.05) is 35.1 Å².